The molecule has 0 aliphatic heterocycles. The van der Waals surface area contributed by atoms with Crippen LogP contribution in [0.25, 0.3) is 0 Å². The molecule has 15 heavy (non-hydrogen) atoms. The third-order valence-corrected chi connectivity index (χ3v) is 2.41. The number of ether oxygens (including phenoxy) is 1. The Bertz CT molecular complexity index is 380. The van der Waals surface area contributed by atoms with Gasteiger partial charge in [0.2, 0.25) is 0 Å². The van der Waals surface area contributed by atoms with Crippen LogP contribution in [0.5, 0.6) is 0 Å². The van der Waals surface area contributed by atoms with Gasteiger partial charge in [-0.1, -0.05) is 23.2 Å². The first kappa shape index (κ1) is 12.3. The predicted molar refractivity (Wildman–Crippen MR) is 56.8 cm³/mol. The molecule has 1 rings (SSSR count). The first-order chi connectivity index (χ1) is 7.06. The fourth-order valence-corrected chi connectivity index (χ4v) is 1.48. The van der Waals surface area contributed by atoms with Crippen molar-refractivity contribution in [3.05, 3.63) is 33.6 Å². The summed E-state index contributed by atoms with van der Waals surface area (Å²) in [6.45, 7) is 1.92. The van der Waals surface area contributed by atoms with Crippen LogP contribution in [0.1, 0.15) is 12.5 Å². The number of rotatable bonds is 3. The molecule has 5 heteroatoms. The summed E-state index contributed by atoms with van der Waals surface area (Å²) in [6, 6.07) is 2.79. The van der Waals surface area contributed by atoms with Crippen LogP contribution in [-0.4, -0.2) is 12.6 Å². The summed E-state index contributed by atoms with van der Waals surface area (Å²) >= 11 is 11.3. The molecule has 0 fully saturated rings. The molecule has 82 valence electrons. The summed E-state index contributed by atoms with van der Waals surface area (Å²) in [4.78, 5) is 11.1. The summed E-state index contributed by atoms with van der Waals surface area (Å²) in [7, 11) is 0. The van der Waals surface area contributed by atoms with Crippen molar-refractivity contribution in [1.29, 1.82) is 0 Å². The van der Waals surface area contributed by atoms with Crippen molar-refractivity contribution in [2.75, 3.05) is 6.61 Å². The second kappa shape index (κ2) is 5.33. The quantitative estimate of drug-likeness (QED) is 0.608. The largest absolute Gasteiger partial charge is 0.466 e. The van der Waals surface area contributed by atoms with Gasteiger partial charge in [0.05, 0.1) is 18.1 Å². The van der Waals surface area contributed by atoms with Gasteiger partial charge in [-0.2, -0.15) is 0 Å². The average molecular weight is 251 g/mol. The van der Waals surface area contributed by atoms with E-state index in [-0.39, 0.29) is 28.6 Å². The molecule has 0 aromatic heterocycles. The summed E-state index contributed by atoms with van der Waals surface area (Å²) in [5.74, 6) is -1.20. The number of benzene rings is 1. The van der Waals surface area contributed by atoms with E-state index in [0.717, 1.165) is 0 Å². The average Bonchev–Trinajstić information content (AvgIpc) is 2.19. The van der Waals surface area contributed by atoms with Crippen LogP contribution in [0.15, 0.2) is 12.1 Å². The molecule has 0 bridgehead atoms. The predicted octanol–water partition coefficient (Wildman–Crippen LogP) is 3.24. The monoisotopic (exact) mass is 250 g/mol. The van der Waals surface area contributed by atoms with Gasteiger partial charge < -0.3 is 4.74 Å². The lowest BCUT2D eigenvalue weighted by Gasteiger charge is -2.06. The number of carbonyl (C=O) groups is 1. The van der Waals surface area contributed by atoms with Gasteiger partial charge in [0, 0.05) is 10.6 Å². The Kier molecular flexibility index (Phi) is 4.36. The zero-order valence-electron chi connectivity index (χ0n) is 8.02. The lowest BCUT2D eigenvalue weighted by atomic mass is 10.1. The van der Waals surface area contributed by atoms with Crippen LogP contribution >= 0.6 is 23.2 Å². The van der Waals surface area contributed by atoms with Crippen LogP contribution in [0.2, 0.25) is 10.0 Å². The molecule has 0 N–H and O–H groups in total. The van der Waals surface area contributed by atoms with E-state index in [1.165, 1.54) is 12.1 Å². The zero-order chi connectivity index (χ0) is 11.4. The number of hydrogen-bond acceptors (Lipinski definition) is 2. The maximum Gasteiger partial charge on any atom is 0.310 e. The standard InChI is InChI=1S/C10H9Cl2FO2/c1-2-15-9(14)5-6-7(11)3-4-8(12)10(6)13/h3-4H,2,5H2,1H3. The molecule has 0 aliphatic carbocycles. The molecule has 0 saturated carbocycles. The number of carbonyl (C=O) groups excluding carboxylic acids is 1. The number of hydrogen-bond donors (Lipinski definition) is 0. The second-order valence-corrected chi connectivity index (χ2v) is 3.62. The summed E-state index contributed by atoms with van der Waals surface area (Å²) in [6.07, 6.45) is -0.209. The molecule has 0 saturated heterocycles. The first-order valence-corrected chi connectivity index (χ1v) is 5.09. The Morgan fingerprint density at radius 1 is 1.40 bits per heavy atom. The Morgan fingerprint density at radius 2 is 2.00 bits per heavy atom. The van der Waals surface area contributed by atoms with Crippen molar-refractivity contribution in [2.24, 2.45) is 0 Å². The fourth-order valence-electron chi connectivity index (χ4n) is 1.09. The minimum atomic E-state index is -0.669. The molecular formula is C10H9Cl2FO2. The molecule has 0 aliphatic rings. The van der Waals surface area contributed by atoms with E-state index in [1.807, 2.05) is 0 Å². The second-order valence-electron chi connectivity index (χ2n) is 2.80. The lowest BCUT2D eigenvalue weighted by molar-refractivity contribution is -0.142. The molecule has 0 radical (unpaired) electrons. The Hall–Kier alpha value is -0.800. The van der Waals surface area contributed by atoms with Gasteiger partial charge in [0.15, 0.2) is 0 Å². The van der Waals surface area contributed by atoms with Gasteiger partial charge in [-0.05, 0) is 19.1 Å². The molecule has 1 aromatic rings. The molecule has 0 atom stereocenters. The van der Waals surface area contributed by atoms with Crippen molar-refractivity contribution in [3.8, 4) is 0 Å². The topological polar surface area (TPSA) is 26.3 Å². The van der Waals surface area contributed by atoms with E-state index in [2.05, 4.69) is 4.74 Å². The molecule has 0 amide bonds. The smallest absolute Gasteiger partial charge is 0.310 e. The van der Waals surface area contributed by atoms with Gasteiger partial charge >= 0.3 is 5.97 Å². The maximum absolute atomic E-state index is 13.4. The number of esters is 1. The van der Waals surface area contributed by atoms with Gasteiger partial charge in [-0.15, -0.1) is 0 Å². The highest BCUT2D eigenvalue weighted by Crippen LogP contribution is 2.26. The van der Waals surface area contributed by atoms with Crippen LogP contribution in [0.3, 0.4) is 0 Å². The molecular weight excluding hydrogens is 242 g/mol. The van der Waals surface area contributed by atoms with E-state index in [4.69, 9.17) is 23.2 Å². The molecule has 2 nitrogen and oxygen atoms in total. The maximum atomic E-state index is 13.4. The van der Waals surface area contributed by atoms with Gasteiger partial charge in [0.1, 0.15) is 5.82 Å². The van der Waals surface area contributed by atoms with E-state index in [1.54, 1.807) is 6.92 Å². The van der Waals surface area contributed by atoms with E-state index < -0.39 is 11.8 Å². The first-order valence-electron chi connectivity index (χ1n) is 4.34. The van der Waals surface area contributed by atoms with Crippen LogP contribution in [-0.2, 0) is 16.0 Å². The van der Waals surface area contributed by atoms with Gasteiger partial charge in [0.25, 0.3) is 0 Å². The number of halogens is 3. The Balaban J connectivity index is 2.93. The zero-order valence-corrected chi connectivity index (χ0v) is 9.53. The minimum Gasteiger partial charge on any atom is -0.466 e. The van der Waals surface area contributed by atoms with E-state index in [0.29, 0.717) is 0 Å². The fraction of sp³-hybridized carbons (Fsp3) is 0.300. The SMILES string of the molecule is CCOC(=O)Cc1c(Cl)ccc(Cl)c1F. The highest BCUT2D eigenvalue weighted by Gasteiger charge is 2.15. The third kappa shape index (κ3) is 3.08. The highest BCUT2D eigenvalue weighted by atomic mass is 35.5. The molecule has 0 spiro atoms. The molecule has 0 unspecified atom stereocenters. The lowest BCUT2D eigenvalue weighted by Crippen LogP contribution is -2.09. The van der Waals surface area contributed by atoms with Crippen LogP contribution < -0.4 is 0 Å². The third-order valence-electron chi connectivity index (χ3n) is 1.77. The van der Waals surface area contributed by atoms with E-state index in [9.17, 15) is 9.18 Å². The van der Waals surface area contributed by atoms with Crippen molar-refractivity contribution >= 4 is 29.2 Å². The van der Waals surface area contributed by atoms with Crippen molar-refractivity contribution in [3.63, 3.8) is 0 Å². The summed E-state index contributed by atoms with van der Waals surface area (Å²) < 4.78 is 18.1. The normalized spacial score (nSPS) is 10.1. The Labute approximate surface area is 96.9 Å². The van der Waals surface area contributed by atoms with Gasteiger partial charge in [-0.3, -0.25) is 4.79 Å². The van der Waals surface area contributed by atoms with E-state index >= 15 is 0 Å². The van der Waals surface area contributed by atoms with Crippen molar-refractivity contribution in [1.82, 2.24) is 0 Å². The highest BCUT2D eigenvalue weighted by molar-refractivity contribution is 6.33. The van der Waals surface area contributed by atoms with Gasteiger partial charge in [-0.25, -0.2) is 4.39 Å². The summed E-state index contributed by atoms with van der Waals surface area (Å²) in [5.41, 5.74) is 0.0719. The van der Waals surface area contributed by atoms with Crippen molar-refractivity contribution < 1.29 is 13.9 Å². The molecule has 0 heterocycles. The Morgan fingerprint density at radius 3 is 2.60 bits per heavy atom. The molecule has 1 aromatic carbocycles. The summed E-state index contributed by atoms with van der Waals surface area (Å²) in [5, 5.41) is 0.114. The van der Waals surface area contributed by atoms with Crippen LogP contribution in [0.4, 0.5) is 4.39 Å². The van der Waals surface area contributed by atoms with Crippen LogP contribution in [0, 0.1) is 5.82 Å². The minimum absolute atomic E-state index is 0.0568. The van der Waals surface area contributed by atoms with Crippen molar-refractivity contribution in [2.45, 2.75) is 13.3 Å².